The normalized spacial score (nSPS) is 34.0. The minimum absolute atomic E-state index is 0.100. The summed E-state index contributed by atoms with van der Waals surface area (Å²) in [5, 5.41) is 3.21. The number of rotatable bonds is 3. The van der Waals surface area contributed by atoms with E-state index < -0.39 is 0 Å². The number of hydrogen-bond donors (Lipinski definition) is 1. The first kappa shape index (κ1) is 12.8. The number of piperidine rings is 1. The van der Waals surface area contributed by atoms with Gasteiger partial charge in [0.15, 0.2) is 0 Å². The highest BCUT2D eigenvalue weighted by molar-refractivity contribution is 5.79. The first-order chi connectivity index (χ1) is 8.22. The van der Waals surface area contributed by atoms with Crippen molar-refractivity contribution in [1.82, 2.24) is 10.2 Å². The summed E-state index contributed by atoms with van der Waals surface area (Å²) >= 11 is 0. The molecule has 2 aliphatic heterocycles. The predicted octanol–water partition coefficient (Wildman–Crippen LogP) is 0.869. The van der Waals surface area contributed by atoms with Gasteiger partial charge in [0.1, 0.15) is 0 Å². The second-order valence-electron chi connectivity index (χ2n) is 5.32. The SMILES string of the molecule is CNCC1CCCN(C(=O)C2CCOC2C)C1. The monoisotopic (exact) mass is 240 g/mol. The summed E-state index contributed by atoms with van der Waals surface area (Å²) in [4.78, 5) is 14.4. The van der Waals surface area contributed by atoms with Crippen molar-refractivity contribution in [1.29, 1.82) is 0 Å². The summed E-state index contributed by atoms with van der Waals surface area (Å²) in [5.41, 5.74) is 0. The smallest absolute Gasteiger partial charge is 0.228 e. The van der Waals surface area contributed by atoms with Crippen molar-refractivity contribution in [2.24, 2.45) is 11.8 Å². The molecule has 2 fully saturated rings. The molecule has 0 radical (unpaired) electrons. The van der Waals surface area contributed by atoms with Gasteiger partial charge in [0.05, 0.1) is 12.0 Å². The summed E-state index contributed by atoms with van der Waals surface area (Å²) in [7, 11) is 1.98. The Balaban J connectivity index is 1.90. The third-order valence-corrected chi connectivity index (χ3v) is 4.02. The van der Waals surface area contributed by atoms with Crippen molar-refractivity contribution in [2.75, 3.05) is 33.3 Å². The lowest BCUT2D eigenvalue weighted by molar-refractivity contribution is -0.138. The Bertz CT molecular complexity index is 268. The maximum absolute atomic E-state index is 12.4. The van der Waals surface area contributed by atoms with Gasteiger partial charge in [-0.3, -0.25) is 4.79 Å². The molecule has 0 aliphatic carbocycles. The summed E-state index contributed by atoms with van der Waals surface area (Å²) in [6.07, 6.45) is 3.38. The third kappa shape index (κ3) is 2.99. The van der Waals surface area contributed by atoms with Gasteiger partial charge >= 0.3 is 0 Å². The molecule has 17 heavy (non-hydrogen) atoms. The maximum atomic E-state index is 12.4. The average Bonchev–Trinajstić information content (AvgIpc) is 2.75. The van der Waals surface area contributed by atoms with Gasteiger partial charge in [0.2, 0.25) is 5.91 Å². The van der Waals surface area contributed by atoms with Gasteiger partial charge in [-0.15, -0.1) is 0 Å². The average molecular weight is 240 g/mol. The lowest BCUT2D eigenvalue weighted by Gasteiger charge is -2.34. The number of carbonyl (C=O) groups is 1. The fourth-order valence-corrected chi connectivity index (χ4v) is 3.01. The molecule has 3 unspecified atom stereocenters. The van der Waals surface area contributed by atoms with Crippen LogP contribution in [0.2, 0.25) is 0 Å². The highest BCUT2D eigenvalue weighted by atomic mass is 16.5. The van der Waals surface area contributed by atoms with E-state index in [4.69, 9.17) is 4.74 Å². The highest BCUT2D eigenvalue weighted by Gasteiger charge is 2.35. The zero-order valence-corrected chi connectivity index (χ0v) is 10.9. The van der Waals surface area contributed by atoms with E-state index in [0.717, 1.165) is 39.1 Å². The molecular weight excluding hydrogens is 216 g/mol. The zero-order chi connectivity index (χ0) is 12.3. The summed E-state index contributed by atoms with van der Waals surface area (Å²) in [5.74, 6) is 1.04. The van der Waals surface area contributed by atoms with E-state index in [9.17, 15) is 4.79 Å². The van der Waals surface area contributed by atoms with Crippen molar-refractivity contribution in [3.63, 3.8) is 0 Å². The van der Waals surface area contributed by atoms with E-state index in [1.807, 2.05) is 14.0 Å². The number of nitrogens with zero attached hydrogens (tertiary/aromatic N) is 1. The first-order valence-electron chi connectivity index (χ1n) is 6.77. The molecule has 2 aliphatic rings. The van der Waals surface area contributed by atoms with Crippen molar-refractivity contribution >= 4 is 5.91 Å². The summed E-state index contributed by atoms with van der Waals surface area (Å²) in [6.45, 7) is 5.63. The Morgan fingerprint density at radius 2 is 2.29 bits per heavy atom. The predicted molar refractivity (Wildman–Crippen MR) is 66.8 cm³/mol. The fourth-order valence-electron chi connectivity index (χ4n) is 3.01. The lowest BCUT2D eigenvalue weighted by Crippen LogP contribution is -2.46. The Labute approximate surface area is 104 Å². The van der Waals surface area contributed by atoms with E-state index in [1.165, 1.54) is 6.42 Å². The van der Waals surface area contributed by atoms with Gasteiger partial charge in [0, 0.05) is 19.7 Å². The van der Waals surface area contributed by atoms with Crippen molar-refractivity contribution in [2.45, 2.75) is 32.3 Å². The van der Waals surface area contributed by atoms with Gasteiger partial charge in [-0.2, -0.15) is 0 Å². The molecule has 98 valence electrons. The molecule has 2 rings (SSSR count). The molecule has 0 aromatic rings. The van der Waals surface area contributed by atoms with Crippen LogP contribution >= 0.6 is 0 Å². The number of ether oxygens (including phenoxy) is 1. The molecule has 2 saturated heterocycles. The Kier molecular flexibility index (Phi) is 4.40. The number of carbonyl (C=O) groups excluding carboxylic acids is 1. The molecule has 0 spiro atoms. The Hall–Kier alpha value is -0.610. The second-order valence-corrected chi connectivity index (χ2v) is 5.32. The molecule has 1 N–H and O–H groups in total. The van der Waals surface area contributed by atoms with Crippen LogP contribution in [0.1, 0.15) is 26.2 Å². The van der Waals surface area contributed by atoms with Gasteiger partial charge in [-0.05, 0) is 45.7 Å². The minimum Gasteiger partial charge on any atom is -0.378 e. The largest absolute Gasteiger partial charge is 0.378 e. The van der Waals surface area contributed by atoms with Crippen molar-refractivity contribution in [3.8, 4) is 0 Å². The van der Waals surface area contributed by atoms with Crippen LogP contribution < -0.4 is 5.32 Å². The standard InChI is InChI=1S/C13H24N2O2/c1-10-12(5-7-17-10)13(16)15-6-3-4-11(9-15)8-14-2/h10-12,14H,3-9H2,1-2H3. The molecular formula is C13H24N2O2. The van der Waals surface area contributed by atoms with E-state index in [2.05, 4.69) is 10.2 Å². The van der Waals surface area contributed by atoms with Gasteiger partial charge < -0.3 is 15.0 Å². The zero-order valence-electron chi connectivity index (χ0n) is 10.9. The maximum Gasteiger partial charge on any atom is 0.228 e. The Morgan fingerprint density at radius 3 is 2.94 bits per heavy atom. The van der Waals surface area contributed by atoms with Crippen molar-refractivity contribution in [3.05, 3.63) is 0 Å². The topological polar surface area (TPSA) is 41.6 Å². The van der Waals surface area contributed by atoms with E-state index in [-0.39, 0.29) is 12.0 Å². The molecule has 4 heteroatoms. The van der Waals surface area contributed by atoms with Gasteiger partial charge in [-0.25, -0.2) is 0 Å². The van der Waals surface area contributed by atoms with Crippen LogP contribution in [0.5, 0.6) is 0 Å². The number of likely N-dealkylation sites (tertiary alicyclic amines) is 1. The van der Waals surface area contributed by atoms with Crippen LogP contribution in [0.15, 0.2) is 0 Å². The highest BCUT2D eigenvalue weighted by Crippen LogP contribution is 2.25. The van der Waals surface area contributed by atoms with Crippen molar-refractivity contribution < 1.29 is 9.53 Å². The number of nitrogens with one attached hydrogen (secondary N) is 1. The summed E-state index contributed by atoms with van der Waals surface area (Å²) < 4.78 is 5.49. The molecule has 0 saturated carbocycles. The molecule has 2 heterocycles. The second kappa shape index (κ2) is 5.83. The fraction of sp³-hybridized carbons (Fsp3) is 0.923. The molecule has 0 bridgehead atoms. The van der Waals surface area contributed by atoms with Crippen LogP contribution in [-0.2, 0) is 9.53 Å². The van der Waals surface area contributed by atoms with E-state index >= 15 is 0 Å². The number of amides is 1. The van der Waals surface area contributed by atoms with Crippen LogP contribution in [0.4, 0.5) is 0 Å². The quantitative estimate of drug-likeness (QED) is 0.796. The molecule has 1 amide bonds. The number of hydrogen-bond acceptors (Lipinski definition) is 3. The Morgan fingerprint density at radius 1 is 1.47 bits per heavy atom. The molecule has 0 aromatic heterocycles. The van der Waals surface area contributed by atoms with Crippen LogP contribution in [0.3, 0.4) is 0 Å². The third-order valence-electron chi connectivity index (χ3n) is 4.02. The van der Waals surface area contributed by atoms with Crippen LogP contribution in [-0.4, -0.2) is 50.2 Å². The van der Waals surface area contributed by atoms with Gasteiger partial charge in [-0.1, -0.05) is 0 Å². The molecule has 3 atom stereocenters. The molecule has 4 nitrogen and oxygen atoms in total. The van der Waals surface area contributed by atoms with E-state index in [0.29, 0.717) is 11.8 Å². The first-order valence-corrected chi connectivity index (χ1v) is 6.77. The minimum atomic E-state index is 0.100. The van der Waals surface area contributed by atoms with E-state index in [1.54, 1.807) is 0 Å². The van der Waals surface area contributed by atoms with Gasteiger partial charge in [0.25, 0.3) is 0 Å². The lowest BCUT2D eigenvalue weighted by atomic mass is 9.94. The molecule has 0 aromatic carbocycles. The summed E-state index contributed by atoms with van der Waals surface area (Å²) in [6, 6.07) is 0. The van der Waals surface area contributed by atoms with Crippen LogP contribution in [0.25, 0.3) is 0 Å². The van der Waals surface area contributed by atoms with Crippen LogP contribution in [0, 0.1) is 11.8 Å².